The lowest BCUT2D eigenvalue weighted by Gasteiger charge is -2.48. The summed E-state index contributed by atoms with van der Waals surface area (Å²) in [4.78, 5) is 69.0. The van der Waals surface area contributed by atoms with Gasteiger partial charge in [0.15, 0.2) is 0 Å². The van der Waals surface area contributed by atoms with Crippen LogP contribution in [0.4, 0.5) is 9.80 Å². The van der Waals surface area contributed by atoms with Crippen molar-refractivity contribution >= 4 is 56.2 Å². The Morgan fingerprint density at radius 2 is 1.82 bits per heavy atom. The molecule has 13 heteroatoms. The topological polar surface area (TPSA) is 160 Å². The minimum Gasteiger partial charge on any atom is -0.466 e. The number of esters is 2. The van der Waals surface area contributed by atoms with Crippen molar-refractivity contribution in [1.29, 1.82) is 0 Å². The third kappa shape index (κ3) is 7.32. The number of thiophene rings is 1. The Morgan fingerprint density at radius 3 is 2.52 bits per heavy atom. The summed E-state index contributed by atoms with van der Waals surface area (Å²) in [6.45, 7) is 7.56. The van der Waals surface area contributed by atoms with Gasteiger partial charge in [-0.05, 0) is 52.1 Å². The number of ether oxygens (including phenoxy) is 2. The van der Waals surface area contributed by atoms with Crippen molar-refractivity contribution in [2.24, 2.45) is 17.1 Å². The minimum absolute atomic E-state index is 0.104. The molecular formula is C31H43N5O7S. The average molecular weight is 630 g/mol. The van der Waals surface area contributed by atoms with E-state index in [4.69, 9.17) is 15.2 Å². The molecule has 4 N–H and O–H groups in total. The van der Waals surface area contributed by atoms with Crippen LogP contribution in [0.1, 0.15) is 63.2 Å². The minimum atomic E-state index is -1.10. The average Bonchev–Trinajstić information content (AvgIpc) is 3.37. The van der Waals surface area contributed by atoms with Gasteiger partial charge >= 0.3 is 18.0 Å². The summed E-state index contributed by atoms with van der Waals surface area (Å²) in [6, 6.07) is 6.77. The molecule has 0 aliphatic carbocycles. The first-order valence-electron chi connectivity index (χ1n) is 15.4. The number of primary amides is 1. The second kappa shape index (κ2) is 14.8. The molecule has 1 aromatic heterocycles. The molecule has 12 nitrogen and oxygen atoms in total. The molecule has 2 aromatic rings. The Bertz CT molecular complexity index is 1380. The fourth-order valence-corrected chi connectivity index (χ4v) is 7.47. The molecule has 1 aromatic carbocycles. The number of likely N-dealkylation sites (tertiary alicyclic amines) is 2. The molecule has 4 rings (SSSR count). The fourth-order valence-electron chi connectivity index (χ4n) is 6.38. The van der Waals surface area contributed by atoms with Gasteiger partial charge in [0.05, 0.1) is 30.1 Å². The molecule has 2 aliphatic rings. The van der Waals surface area contributed by atoms with E-state index in [1.165, 1.54) is 11.3 Å². The Hall–Kier alpha value is -3.71. The highest BCUT2D eigenvalue weighted by molar-refractivity contribution is 7.23. The molecule has 44 heavy (non-hydrogen) atoms. The summed E-state index contributed by atoms with van der Waals surface area (Å²) < 4.78 is 11.7. The maximum atomic E-state index is 14.2. The van der Waals surface area contributed by atoms with E-state index in [1.807, 2.05) is 31.2 Å². The molecule has 2 saturated heterocycles. The van der Waals surface area contributed by atoms with Gasteiger partial charge in [-0.1, -0.05) is 25.1 Å². The predicted molar refractivity (Wildman–Crippen MR) is 167 cm³/mol. The summed E-state index contributed by atoms with van der Waals surface area (Å²) in [5, 5.41) is 6.81. The van der Waals surface area contributed by atoms with Crippen LogP contribution in [0.15, 0.2) is 24.3 Å². The summed E-state index contributed by atoms with van der Waals surface area (Å²) in [5.74, 6) is -2.44. The highest BCUT2D eigenvalue weighted by atomic mass is 32.1. The smallest absolute Gasteiger partial charge is 0.319 e. The fraction of sp³-hybridized carbons (Fsp3) is 0.581. The van der Waals surface area contributed by atoms with Crippen LogP contribution in [0.25, 0.3) is 10.1 Å². The van der Waals surface area contributed by atoms with Gasteiger partial charge in [-0.3, -0.25) is 29.4 Å². The number of hydrogen-bond donors (Lipinski definition) is 3. The highest BCUT2D eigenvalue weighted by Gasteiger charge is 2.49. The molecule has 0 saturated carbocycles. The molecule has 4 amide bonds. The third-order valence-corrected chi connectivity index (χ3v) is 9.41. The predicted octanol–water partition coefficient (Wildman–Crippen LogP) is 3.35. The Balaban J connectivity index is 1.61. The first kappa shape index (κ1) is 33.2. The van der Waals surface area contributed by atoms with Crippen molar-refractivity contribution in [3.8, 4) is 0 Å². The maximum Gasteiger partial charge on any atom is 0.319 e. The monoisotopic (exact) mass is 629 g/mol. The van der Waals surface area contributed by atoms with Crippen LogP contribution in [-0.2, 0) is 23.9 Å². The van der Waals surface area contributed by atoms with Gasteiger partial charge in [0, 0.05) is 48.7 Å². The van der Waals surface area contributed by atoms with Gasteiger partial charge in [-0.25, -0.2) is 4.79 Å². The molecule has 3 unspecified atom stereocenters. The standard InChI is InChI=1S/C31H43N5O7S/c1-4-14-33-30(41)34-26-25(20-10-7-8-11-23(20)44-26)27(38)35-16-12-22(21(18-35)28(39)42-5-2)36-15-9-13-31(19-36,17-24(32)37)29(40)43-6-3/h7-8,10-11,21-22H,4-6,9,12-19H2,1-3H3,(H2,32,37)(H2,33,34,41). The van der Waals surface area contributed by atoms with Crippen LogP contribution < -0.4 is 16.4 Å². The zero-order valence-corrected chi connectivity index (χ0v) is 26.5. The van der Waals surface area contributed by atoms with Crippen molar-refractivity contribution in [1.82, 2.24) is 15.1 Å². The SMILES string of the molecule is CCCNC(=O)Nc1sc2ccccc2c1C(=O)N1CCC(N2CCCC(CC(N)=O)(C(=O)OCC)C2)C(C(=O)OCC)C1. The van der Waals surface area contributed by atoms with Crippen molar-refractivity contribution in [3.05, 3.63) is 29.8 Å². The number of amides is 4. The van der Waals surface area contributed by atoms with E-state index in [0.717, 1.165) is 16.5 Å². The summed E-state index contributed by atoms with van der Waals surface area (Å²) in [5.41, 5.74) is 4.86. The Labute approximate surface area is 261 Å². The molecule has 3 atom stereocenters. The van der Waals surface area contributed by atoms with Crippen molar-refractivity contribution in [2.75, 3.05) is 51.3 Å². The third-order valence-electron chi connectivity index (χ3n) is 8.32. The van der Waals surface area contributed by atoms with Crippen molar-refractivity contribution in [3.63, 3.8) is 0 Å². The first-order chi connectivity index (χ1) is 21.1. The van der Waals surface area contributed by atoms with Gasteiger partial charge in [0.25, 0.3) is 5.91 Å². The molecule has 2 aliphatic heterocycles. The van der Waals surface area contributed by atoms with E-state index in [-0.39, 0.29) is 50.7 Å². The zero-order valence-electron chi connectivity index (χ0n) is 25.7. The number of hydrogen-bond acceptors (Lipinski definition) is 9. The van der Waals surface area contributed by atoms with Crippen LogP contribution in [-0.4, -0.2) is 91.6 Å². The number of rotatable bonds is 11. The lowest BCUT2D eigenvalue weighted by molar-refractivity contribution is -0.164. The van der Waals surface area contributed by atoms with E-state index in [9.17, 15) is 24.0 Å². The van der Waals surface area contributed by atoms with E-state index < -0.39 is 29.2 Å². The van der Waals surface area contributed by atoms with Crippen molar-refractivity contribution < 1.29 is 33.4 Å². The van der Waals surface area contributed by atoms with Gasteiger partial charge in [0.1, 0.15) is 5.00 Å². The van der Waals surface area contributed by atoms with E-state index in [2.05, 4.69) is 15.5 Å². The molecule has 3 heterocycles. The van der Waals surface area contributed by atoms with Gasteiger partial charge in [-0.2, -0.15) is 0 Å². The molecular weight excluding hydrogens is 586 g/mol. The number of benzene rings is 1. The quantitative estimate of drug-likeness (QED) is 0.319. The molecule has 0 radical (unpaired) electrons. The lowest BCUT2D eigenvalue weighted by Crippen LogP contribution is -2.60. The number of nitrogens with zero attached hydrogens (tertiary/aromatic N) is 2. The van der Waals surface area contributed by atoms with Crippen LogP contribution in [0.3, 0.4) is 0 Å². The molecule has 240 valence electrons. The second-order valence-electron chi connectivity index (χ2n) is 11.4. The maximum absolute atomic E-state index is 14.2. The summed E-state index contributed by atoms with van der Waals surface area (Å²) in [6.07, 6.45) is 2.16. The highest BCUT2D eigenvalue weighted by Crippen LogP contribution is 2.40. The molecule has 2 fully saturated rings. The largest absolute Gasteiger partial charge is 0.466 e. The number of carbonyl (C=O) groups is 5. The van der Waals surface area contributed by atoms with E-state index in [1.54, 1.807) is 18.7 Å². The Kier molecular flexibility index (Phi) is 11.2. The number of anilines is 1. The van der Waals surface area contributed by atoms with Crippen LogP contribution in [0.5, 0.6) is 0 Å². The number of carbonyl (C=O) groups excluding carboxylic acids is 5. The van der Waals surface area contributed by atoms with Gasteiger partial charge in [0.2, 0.25) is 5.91 Å². The number of urea groups is 1. The van der Waals surface area contributed by atoms with Crippen LogP contribution in [0, 0.1) is 11.3 Å². The van der Waals surface area contributed by atoms with Crippen LogP contribution in [0.2, 0.25) is 0 Å². The number of nitrogens with one attached hydrogen (secondary N) is 2. The Morgan fingerprint density at radius 1 is 1.07 bits per heavy atom. The van der Waals surface area contributed by atoms with E-state index >= 15 is 0 Å². The number of fused-ring (bicyclic) bond motifs is 1. The van der Waals surface area contributed by atoms with Gasteiger partial charge < -0.3 is 25.4 Å². The summed E-state index contributed by atoms with van der Waals surface area (Å²) >= 11 is 1.33. The number of nitrogens with two attached hydrogens (primary N) is 1. The van der Waals surface area contributed by atoms with Crippen molar-refractivity contribution in [2.45, 2.75) is 58.9 Å². The number of piperidine rings is 2. The normalized spacial score (nSPS) is 22.3. The zero-order chi connectivity index (χ0) is 31.9. The van der Waals surface area contributed by atoms with E-state index in [0.29, 0.717) is 49.5 Å². The second-order valence-corrected chi connectivity index (χ2v) is 12.4. The molecule has 0 spiro atoms. The first-order valence-corrected chi connectivity index (χ1v) is 16.2. The van der Waals surface area contributed by atoms with Gasteiger partial charge in [-0.15, -0.1) is 11.3 Å². The summed E-state index contributed by atoms with van der Waals surface area (Å²) in [7, 11) is 0. The lowest BCUT2D eigenvalue weighted by atomic mass is 9.75. The molecule has 0 bridgehead atoms. The van der Waals surface area contributed by atoms with Crippen LogP contribution >= 0.6 is 11.3 Å².